The maximum absolute atomic E-state index is 12.9. The van der Waals surface area contributed by atoms with Gasteiger partial charge in [0.15, 0.2) is 0 Å². The van der Waals surface area contributed by atoms with Crippen LogP contribution in [0.5, 0.6) is 0 Å². The number of rotatable bonds is 5. The molecule has 0 unspecified atom stereocenters. The lowest BCUT2D eigenvalue weighted by Crippen LogP contribution is -2.09. The van der Waals surface area contributed by atoms with E-state index in [0.717, 1.165) is 23.6 Å². The minimum absolute atomic E-state index is 0.130. The zero-order chi connectivity index (χ0) is 21.1. The van der Waals surface area contributed by atoms with Gasteiger partial charge >= 0.3 is 6.18 Å². The third-order valence-electron chi connectivity index (χ3n) is 3.30. The van der Waals surface area contributed by atoms with Gasteiger partial charge in [0.1, 0.15) is 0 Å². The van der Waals surface area contributed by atoms with Gasteiger partial charge in [0, 0.05) is 51.0 Å². The molecule has 5 nitrogen and oxygen atoms in total. The molecule has 0 aliphatic carbocycles. The van der Waals surface area contributed by atoms with Crippen molar-refractivity contribution in [2.24, 2.45) is 4.99 Å². The molecule has 0 fully saturated rings. The highest BCUT2D eigenvalue weighted by Gasteiger charge is 2.32. The van der Waals surface area contributed by atoms with Crippen LogP contribution in [0.1, 0.15) is 25.8 Å². The molecule has 2 aromatic heterocycles. The molecule has 1 amide bonds. The zero-order valence-electron chi connectivity index (χ0n) is 15.6. The second kappa shape index (κ2) is 8.74. The van der Waals surface area contributed by atoms with E-state index in [1.165, 1.54) is 6.34 Å². The Kier molecular flexibility index (Phi) is 6.84. The smallest absolute Gasteiger partial charge is 0.383 e. The van der Waals surface area contributed by atoms with Crippen LogP contribution in [0.3, 0.4) is 0 Å². The highest BCUT2D eigenvalue weighted by atomic mass is 35.5. The molecule has 0 saturated carbocycles. The summed E-state index contributed by atoms with van der Waals surface area (Å²) >= 11 is 7.26. The van der Waals surface area contributed by atoms with Gasteiger partial charge in [-0.05, 0) is 18.2 Å². The van der Waals surface area contributed by atoms with Gasteiger partial charge in [-0.3, -0.25) is 9.78 Å². The standard InChI is InChI=1S/C18H18ClF3N4OS/c1-25(2)9-12(16-13(19)7-11(8-23-16)18(20,21)22)14-5-6-15(28-14)17(27)24-10-26(3)4/h5-10H,1-4H3/b12-9+,24-10?. The molecule has 0 spiro atoms. The van der Waals surface area contributed by atoms with E-state index in [1.807, 2.05) is 0 Å². The van der Waals surface area contributed by atoms with Crippen molar-refractivity contribution in [2.75, 3.05) is 28.2 Å². The minimum atomic E-state index is -4.53. The molecule has 0 aromatic carbocycles. The number of amides is 1. The Hall–Kier alpha value is -2.39. The molecule has 28 heavy (non-hydrogen) atoms. The Labute approximate surface area is 169 Å². The largest absolute Gasteiger partial charge is 0.417 e. The Morgan fingerprint density at radius 2 is 1.82 bits per heavy atom. The lowest BCUT2D eigenvalue weighted by Gasteiger charge is -2.13. The minimum Gasteiger partial charge on any atom is -0.383 e. The van der Waals surface area contributed by atoms with E-state index in [2.05, 4.69) is 9.98 Å². The first-order valence-corrected chi connectivity index (χ1v) is 9.15. The maximum Gasteiger partial charge on any atom is 0.417 e. The first-order valence-electron chi connectivity index (χ1n) is 7.95. The second-order valence-corrected chi connectivity index (χ2v) is 7.73. The summed E-state index contributed by atoms with van der Waals surface area (Å²) in [6.07, 6.45) is -0.712. The monoisotopic (exact) mass is 430 g/mol. The van der Waals surface area contributed by atoms with Crippen LogP contribution in [0.25, 0.3) is 5.57 Å². The molecule has 0 aliphatic heterocycles. The number of thiophene rings is 1. The quantitative estimate of drug-likeness (QED) is 0.517. The van der Waals surface area contributed by atoms with Crippen molar-refractivity contribution < 1.29 is 18.0 Å². The number of pyridine rings is 1. The van der Waals surface area contributed by atoms with Crippen LogP contribution < -0.4 is 0 Å². The summed E-state index contributed by atoms with van der Waals surface area (Å²) in [5.41, 5.74) is -0.226. The predicted octanol–water partition coefficient (Wildman–Crippen LogP) is 4.50. The lowest BCUT2D eigenvalue weighted by molar-refractivity contribution is -0.137. The molecule has 0 saturated heterocycles. The van der Waals surface area contributed by atoms with Crippen molar-refractivity contribution in [3.05, 3.63) is 56.6 Å². The summed E-state index contributed by atoms with van der Waals surface area (Å²) in [5, 5.41) is -0.130. The third kappa shape index (κ3) is 5.56. The van der Waals surface area contributed by atoms with Crippen LogP contribution in [0.15, 0.2) is 35.6 Å². The first-order chi connectivity index (χ1) is 13.0. The van der Waals surface area contributed by atoms with Gasteiger partial charge in [-0.15, -0.1) is 11.3 Å². The Morgan fingerprint density at radius 1 is 1.18 bits per heavy atom. The number of carbonyl (C=O) groups is 1. The van der Waals surface area contributed by atoms with Gasteiger partial charge < -0.3 is 9.80 Å². The summed E-state index contributed by atoms with van der Waals surface area (Å²) in [5.74, 6) is -0.416. The Balaban J connectivity index is 2.46. The van der Waals surface area contributed by atoms with Crippen molar-refractivity contribution in [2.45, 2.75) is 6.18 Å². The molecule has 0 radical (unpaired) electrons. The van der Waals surface area contributed by atoms with Crippen molar-refractivity contribution in [1.82, 2.24) is 14.8 Å². The van der Waals surface area contributed by atoms with Gasteiger partial charge in [-0.25, -0.2) is 0 Å². The predicted molar refractivity (Wildman–Crippen MR) is 106 cm³/mol. The van der Waals surface area contributed by atoms with Crippen LogP contribution in [-0.4, -0.2) is 55.2 Å². The van der Waals surface area contributed by atoms with E-state index >= 15 is 0 Å². The van der Waals surface area contributed by atoms with Gasteiger partial charge in [0.05, 0.1) is 27.5 Å². The van der Waals surface area contributed by atoms with E-state index in [9.17, 15) is 18.0 Å². The molecule has 0 aliphatic rings. The van der Waals surface area contributed by atoms with Crippen molar-refractivity contribution in [1.29, 1.82) is 0 Å². The van der Waals surface area contributed by atoms with Crippen LogP contribution in [-0.2, 0) is 6.18 Å². The summed E-state index contributed by atoms with van der Waals surface area (Å²) in [7, 11) is 7.01. The summed E-state index contributed by atoms with van der Waals surface area (Å²) in [6.45, 7) is 0. The SMILES string of the molecule is CN(C)C=NC(=O)c1ccc(/C(=C\N(C)C)c2ncc(C(F)(F)F)cc2Cl)s1. The fourth-order valence-corrected chi connectivity index (χ4v) is 3.30. The van der Waals surface area contributed by atoms with Gasteiger partial charge in [-0.1, -0.05) is 11.6 Å². The second-order valence-electron chi connectivity index (χ2n) is 6.24. The molecule has 2 heterocycles. The molecule has 2 aromatic rings. The summed E-state index contributed by atoms with van der Waals surface area (Å²) in [6, 6.07) is 4.14. The number of aliphatic imine (C=N–C) groups is 1. The van der Waals surface area contributed by atoms with Crippen LogP contribution in [0, 0.1) is 0 Å². The molecular weight excluding hydrogens is 413 g/mol. The normalized spacial score (nSPS) is 12.5. The van der Waals surface area contributed by atoms with Crippen molar-refractivity contribution >= 4 is 40.8 Å². The van der Waals surface area contributed by atoms with Gasteiger partial charge in [0.25, 0.3) is 5.91 Å². The first kappa shape index (κ1) is 21.9. The highest BCUT2D eigenvalue weighted by Crippen LogP contribution is 2.36. The van der Waals surface area contributed by atoms with E-state index in [4.69, 9.17) is 11.6 Å². The Morgan fingerprint density at radius 3 is 2.36 bits per heavy atom. The number of aromatic nitrogens is 1. The van der Waals surface area contributed by atoms with Crippen molar-refractivity contribution in [3.63, 3.8) is 0 Å². The lowest BCUT2D eigenvalue weighted by atomic mass is 10.1. The molecule has 2 rings (SSSR count). The zero-order valence-corrected chi connectivity index (χ0v) is 17.2. The Bertz CT molecular complexity index is 920. The van der Waals surface area contributed by atoms with Gasteiger partial charge in [-0.2, -0.15) is 18.2 Å². The summed E-state index contributed by atoms with van der Waals surface area (Å²) in [4.78, 5) is 24.3. The summed E-state index contributed by atoms with van der Waals surface area (Å²) < 4.78 is 38.6. The maximum atomic E-state index is 12.9. The number of alkyl halides is 3. The number of carbonyl (C=O) groups excluding carboxylic acids is 1. The average molecular weight is 431 g/mol. The fourth-order valence-electron chi connectivity index (χ4n) is 2.12. The third-order valence-corrected chi connectivity index (χ3v) is 4.69. The average Bonchev–Trinajstić information content (AvgIpc) is 3.06. The number of hydrogen-bond acceptors (Lipinski definition) is 4. The van der Waals surface area contributed by atoms with E-state index in [-0.39, 0.29) is 10.7 Å². The topological polar surface area (TPSA) is 48.8 Å². The van der Waals surface area contributed by atoms with E-state index in [1.54, 1.807) is 56.3 Å². The number of hydrogen-bond donors (Lipinski definition) is 0. The van der Waals surface area contributed by atoms with E-state index < -0.39 is 17.6 Å². The molecule has 0 atom stereocenters. The van der Waals surface area contributed by atoms with Crippen LogP contribution >= 0.6 is 22.9 Å². The number of nitrogens with zero attached hydrogens (tertiary/aromatic N) is 4. The van der Waals surface area contributed by atoms with E-state index in [0.29, 0.717) is 15.3 Å². The number of halogens is 4. The fraction of sp³-hybridized carbons (Fsp3) is 0.278. The molecule has 10 heteroatoms. The molecule has 0 N–H and O–H groups in total. The highest BCUT2D eigenvalue weighted by molar-refractivity contribution is 7.15. The van der Waals surface area contributed by atoms with Crippen molar-refractivity contribution in [3.8, 4) is 0 Å². The molecule has 0 bridgehead atoms. The van der Waals surface area contributed by atoms with Crippen LogP contribution in [0.4, 0.5) is 13.2 Å². The van der Waals surface area contributed by atoms with Crippen LogP contribution in [0.2, 0.25) is 5.02 Å². The van der Waals surface area contributed by atoms with Gasteiger partial charge in [0.2, 0.25) is 0 Å². The molecular formula is C18H18ClF3N4OS. The molecule has 150 valence electrons.